The molecule has 26 heteroatoms. The van der Waals surface area contributed by atoms with E-state index in [9.17, 15) is 70.6 Å². The van der Waals surface area contributed by atoms with Crippen LogP contribution in [0.1, 0.15) is 13.3 Å². The number of methoxy groups -OCH3 is 2. The maximum atomic E-state index is 11.6. The molecule has 4 aliphatic heterocycles. The number of carboxylic acid groups (broad SMARTS) is 3. The Labute approximate surface area is 335 Å². The molecule has 0 spiro atoms. The number of aliphatic carboxylic acids is 3. The second kappa shape index (κ2) is 22.6. The number of carbonyl (C=O) groups is 3. The maximum Gasteiger partial charge on any atom is 0.187 e. The number of carbonyl (C=O) groups excluding carboxylic acids is 3. The fraction of sp³-hybridized carbons (Fsp3) is 0.909. The van der Waals surface area contributed by atoms with Crippen molar-refractivity contribution in [3.8, 4) is 0 Å². The molecule has 4 fully saturated rings. The van der Waals surface area contributed by atoms with Crippen LogP contribution in [0.25, 0.3) is 0 Å². The van der Waals surface area contributed by atoms with Crippen molar-refractivity contribution < 1.29 is 127 Å². The lowest BCUT2D eigenvalue weighted by Gasteiger charge is -2.50. The minimum Gasteiger partial charge on any atom is -0.548 e. The second-order valence-electron chi connectivity index (χ2n) is 13.9. The van der Waals surface area contributed by atoms with Crippen molar-refractivity contribution in [3.63, 3.8) is 0 Å². The van der Waals surface area contributed by atoms with Gasteiger partial charge in [-0.05, 0) is 6.42 Å². The highest BCUT2D eigenvalue weighted by molar-refractivity contribution is 5.66. The van der Waals surface area contributed by atoms with Crippen LogP contribution in [0.4, 0.5) is 0 Å². The standard InChI is InChI=1S/C33H54O26/c1-4-11-26(24(47)29(52-10-17(39)40)33(53-11)59-28-14(7-51-9-16(37)38)55-30(49-3)21(44)19(28)42)57-31-23(46)20(43)27(12(5-34)54-31)58-32-22(45)18(41)25(48-2)13(56-32)6-50-8-15(35)36/h11-14,18-34,41-47H,4-10H2,1-3H3,(H,35,36)(H,37,38)(H,39,40)/p-3/t11?,12-,13?,14-,18+,19?,20?,21?,22?,23?,24-,25+,26+,27+,28+,29?,30+,31-,32-,33-/m0/s1. The van der Waals surface area contributed by atoms with Gasteiger partial charge in [0.25, 0.3) is 0 Å². The maximum absolute atomic E-state index is 11.6. The number of hydrogen-bond acceptors (Lipinski definition) is 26. The van der Waals surface area contributed by atoms with E-state index < -0.39 is 180 Å². The van der Waals surface area contributed by atoms with Crippen LogP contribution in [0.2, 0.25) is 0 Å². The second-order valence-corrected chi connectivity index (χ2v) is 13.9. The lowest BCUT2D eigenvalue weighted by molar-refractivity contribution is -0.390. The third-order valence-corrected chi connectivity index (χ3v) is 9.90. The quantitative estimate of drug-likeness (QED) is 0.0531. The van der Waals surface area contributed by atoms with Gasteiger partial charge in [0, 0.05) is 14.2 Å². The Balaban J connectivity index is 1.51. The minimum atomic E-state index is -2.06. The lowest BCUT2D eigenvalue weighted by atomic mass is 9.94. The molecule has 0 saturated carbocycles. The van der Waals surface area contributed by atoms with Crippen LogP contribution >= 0.6 is 0 Å². The summed E-state index contributed by atoms with van der Waals surface area (Å²) in [5.41, 5.74) is 0. The van der Waals surface area contributed by atoms with Crippen LogP contribution in [0.15, 0.2) is 0 Å². The van der Waals surface area contributed by atoms with Gasteiger partial charge in [-0.15, -0.1) is 0 Å². The monoisotopic (exact) mass is 863 g/mol. The molecule has 4 saturated heterocycles. The molecule has 0 amide bonds. The van der Waals surface area contributed by atoms with Crippen molar-refractivity contribution in [2.75, 3.05) is 53.9 Å². The van der Waals surface area contributed by atoms with Crippen molar-refractivity contribution in [1.82, 2.24) is 0 Å². The summed E-state index contributed by atoms with van der Waals surface area (Å²) in [5.74, 6) is -4.90. The van der Waals surface area contributed by atoms with Gasteiger partial charge >= 0.3 is 0 Å². The van der Waals surface area contributed by atoms with Crippen LogP contribution in [0.3, 0.4) is 0 Å². The summed E-state index contributed by atoms with van der Waals surface area (Å²) >= 11 is 0. The first-order valence-corrected chi connectivity index (χ1v) is 18.3. The molecule has 0 aliphatic carbocycles. The van der Waals surface area contributed by atoms with Crippen LogP contribution < -0.4 is 15.3 Å². The van der Waals surface area contributed by atoms with Crippen LogP contribution in [-0.2, 0) is 71.2 Å². The number of carboxylic acids is 3. The Hall–Kier alpha value is -2.39. The van der Waals surface area contributed by atoms with Crippen molar-refractivity contribution >= 4 is 17.9 Å². The minimum absolute atomic E-state index is 0.0128. The molecule has 0 aromatic carbocycles. The van der Waals surface area contributed by atoms with E-state index in [1.807, 2.05) is 0 Å². The molecule has 8 N–H and O–H groups in total. The van der Waals surface area contributed by atoms with Gasteiger partial charge in [-0.3, -0.25) is 0 Å². The van der Waals surface area contributed by atoms with E-state index in [-0.39, 0.29) is 6.42 Å². The highest BCUT2D eigenvalue weighted by atomic mass is 16.8. The van der Waals surface area contributed by atoms with Crippen LogP contribution in [0, 0.1) is 0 Å². The van der Waals surface area contributed by atoms with Gasteiger partial charge in [-0.25, -0.2) is 0 Å². The summed E-state index contributed by atoms with van der Waals surface area (Å²) in [4.78, 5) is 33.2. The Morgan fingerprint density at radius 1 is 0.492 bits per heavy atom. The first kappa shape index (κ1) is 49.3. The third kappa shape index (κ3) is 12.2. The normalized spacial score (nSPS) is 43.0. The summed E-state index contributed by atoms with van der Waals surface area (Å²) in [6.45, 7) is -3.34. The van der Waals surface area contributed by atoms with E-state index in [1.165, 1.54) is 7.11 Å². The number of rotatable bonds is 21. The van der Waals surface area contributed by atoms with Crippen molar-refractivity contribution in [1.29, 1.82) is 0 Å². The molecule has 59 heavy (non-hydrogen) atoms. The number of aliphatic hydroxyl groups excluding tert-OH is 8. The van der Waals surface area contributed by atoms with Gasteiger partial charge in [0.05, 0.1) is 63.7 Å². The van der Waals surface area contributed by atoms with Crippen molar-refractivity contribution in [3.05, 3.63) is 0 Å². The summed E-state index contributed by atoms with van der Waals surface area (Å²) in [6, 6.07) is 0. The first-order chi connectivity index (χ1) is 28.0. The third-order valence-electron chi connectivity index (χ3n) is 9.90. The number of ether oxygens (including phenoxy) is 12. The topological polar surface area (TPSA) is 393 Å². The summed E-state index contributed by atoms with van der Waals surface area (Å²) < 4.78 is 66.0. The Morgan fingerprint density at radius 2 is 0.898 bits per heavy atom. The van der Waals surface area contributed by atoms with Crippen LogP contribution in [-0.4, -0.2) is 235 Å². The smallest absolute Gasteiger partial charge is 0.187 e. The molecule has 4 heterocycles. The van der Waals surface area contributed by atoms with Gasteiger partial charge in [0.15, 0.2) is 25.2 Å². The predicted octanol–water partition coefficient (Wildman–Crippen LogP) is -10.7. The number of aliphatic hydroxyl groups is 8. The molecule has 0 radical (unpaired) electrons. The fourth-order valence-corrected chi connectivity index (χ4v) is 7.00. The van der Waals surface area contributed by atoms with E-state index >= 15 is 0 Å². The molecule has 8 unspecified atom stereocenters. The Morgan fingerprint density at radius 3 is 1.37 bits per heavy atom. The molecular formula is C33H51O26-3. The summed E-state index contributed by atoms with van der Waals surface area (Å²) in [7, 11) is 2.32. The summed E-state index contributed by atoms with van der Waals surface area (Å²) in [5, 5.41) is 120. The number of hydrogen-bond donors (Lipinski definition) is 8. The van der Waals surface area contributed by atoms with Gasteiger partial charge in [0.2, 0.25) is 0 Å². The predicted molar refractivity (Wildman–Crippen MR) is 173 cm³/mol. The van der Waals surface area contributed by atoms with E-state index in [0.29, 0.717) is 0 Å². The van der Waals surface area contributed by atoms with E-state index in [0.717, 1.165) is 7.11 Å². The Bertz CT molecular complexity index is 1320. The molecule has 4 aliphatic rings. The molecule has 342 valence electrons. The molecule has 4 rings (SSSR count). The molecule has 20 atom stereocenters. The lowest BCUT2D eigenvalue weighted by Crippen LogP contribution is -2.67. The average Bonchev–Trinajstić information content (AvgIpc) is 3.19. The van der Waals surface area contributed by atoms with Crippen molar-refractivity contribution in [2.45, 2.75) is 136 Å². The molecule has 0 bridgehead atoms. The summed E-state index contributed by atoms with van der Waals surface area (Å²) in [6.07, 6.45) is -33.5. The van der Waals surface area contributed by atoms with Gasteiger partial charge in [-0.2, -0.15) is 0 Å². The SMILES string of the molecule is CCC1O[C@@H](O[C@H]2C(O)C(O)[C@H](OC)O[C@H]2COCC(=O)[O-])C(OCC(=O)[O-])[C@@H](O)[C@@H]1O[C@@H]1O[C@@H](CO)[C@@H](O[C@@H]2OC(COCC(=O)[O-])[C@@H](OC)[C@H](O)C2O)C(O)C1O. The van der Waals surface area contributed by atoms with E-state index in [4.69, 9.17) is 56.8 Å². The highest BCUT2D eigenvalue weighted by Gasteiger charge is 2.55. The van der Waals surface area contributed by atoms with Crippen LogP contribution in [0.5, 0.6) is 0 Å². The molecule has 0 aromatic heterocycles. The molecular weight excluding hydrogens is 812 g/mol. The molecule has 26 nitrogen and oxygen atoms in total. The fourth-order valence-electron chi connectivity index (χ4n) is 7.00. The largest absolute Gasteiger partial charge is 0.548 e. The van der Waals surface area contributed by atoms with Gasteiger partial charge < -0.3 is 127 Å². The van der Waals surface area contributed by atoms with E-state index in [1.54, 1.807) is 6.92 Å². The van der Waals surface area contributed by atoms with Gasteiger partial charge in [-0.1, -0.05) is 6.92 Å². The zero-order valence-corrected chi connectivity index (χ0v) is 31.9. The van der Waals surface area contributed by atoms with Crippen molar-refractivity contribution in [2.24, 2.45) is 0 Å². The average molecular weight is 864 g/mol. The van der Waals surface area contributed by atoms with E-state index in [2.05, 4.69) is 0 Å². The zero-order valence-electron chi connectivity index (χ0n) is 31.9. The molecule has 0 aromatic rings. The first-order valence-electron chi connectivity index (χ1n) is 18.3. The highest BCUT2D eigenvalue weighted by Crippen LogP contribution is 2.36. The van der Waals surface area contributed by atoms with Gasteiger partial charge in [0.1, 0.15) is 91.6 Å². The Kier molecular flexibility index (Phi) is 18.9. The zero-order chi connectivity index (χ0) is 43.7.